The van der Waals surface area contributed by atoms with Crippen molar-refractivity contribution in [3.05, 3.63) is 29.3 Å². The summed E-state index contributed by atoms with van der Waals surface area (Å²) in [4.78, 5) is 11.1. The van der Waals surface area contributed by atoms with Crippen LogP contribution in [0.25, 0.3) is 0 Å². The van der Waals surface area contributed by atoms with E-state index in [0.29, 0.717) is 6.07 Å². The van der Waals surface area contributed by atoms with Crippen LogP contribution in [0, 0.1) is 0 Å². The maximum atomic E-state index is 12.4. The van der Waals surface area contributed by atoms with E-state index in [2.05, 4.69) is 0 Å². The maximum absolute atomic E-state index is 12.4. The lowest BCUT2D eigenvalue weighted by Gasteiger charge is -2.11. The van der Waals surface area contributed by atoms with Gasteiger partial charge in [0.25, 0.3) is 0 Å². The lowest BCUT2D eigenvalue weighted by atomic mass is 10.0. The van der Waals surface area contributed by atoms with Crippen LogP contribution >= 0.6 is 11.6 Å². The Labute approximate surface area is 88.3 Å². The van der Waals surface area contributed by atoms with Crippen LogP contribution in [0.2, 0.25) is 0 Å². The zero-order chi connectivity index (χ0) is 11.6. The minimum absolute atomic E-state index is 0.500. The Morgan fingerprint density at radius 3 is 2.47 bits per heavy atom. The number of aromatic hydroxyl groups is 1. The van der Waals surface area contributed by atoms with Crippen molar-refractivity contribution in [2.75, 3.05) is 5.88 Å². The molecule has 0 bridgehead atoms. The minimum atomic E-state index is -4.68. The predicted octanol–water partition coefficient (Wildman–Crippen LogP) is 2.83. The number of Topliss-reactive ketones (excluding diaryl/α,β-unsaturated/α-hetero) is 1. The van der Waals surface area contributed by atoms with E-state index in [4.69, 9.17) is 16.7 Å². The number of phenolic OH excluding ortho intramolecular Hbond substituents is 1. The van der Waals surface area contributed by atoms with Crippen LogP contribution in [0.3, 0.4) is 0 Å². The summed E-state index contributed by atoms with van der Waals surface area (Å²) in [5.74, 6) is -1.91. The fraction of sp³-hybridized carbons (Fsp3) is 0.222. The van der Waals surface area contributed by atoms with Crippen LogP contribution < -0.4 is 0 Å². The number of alkyl halides is 4. The summed E-state index contributed by atoms with van der Waals surface area (Å²) < 4.78 is 37.3. The highest BCUT2D eigenvalue weighted by atomic mass is 35.5. The Hall–Kier alpha value is -1.23. The normalized spacial score (nSPS) is 11.5. The molecule has 0 amide bonds. The summed E-state index contributed by atoms with van der Waals surface area (Å²) in [7, 11) is 0. The van der Waals surface area contributed by atoms with Crippen molar-refractivity contribution < 1.29 is 23.1 Å². The van der Waals surface area contributed by atoms with Gasteiger partial charge in [-0.05, 0) is 18.2 Å². The number of phenols is 1. The largest absolute Gasteiger partial charge is 0.508 e. The van der Waals surface area contributed by atoms with Crippen LogP contribution in [0.1, 0.15) is 15.9 Å². The number of benzene rings is 1. The molecule has 0 atom stereocenters. The van der Waals surface area contributed by atoms with Crippen LogP contribution in [-0.4, -0.2) is 16.8 Å². The van der Waals surface area contributed by atoms with Crippen molar-refractivity contribution >= 4 is 17.4 Å². The Morgan fingerprint density at radius 1 is 1.40 bits per heavy atom. The van der Waals surface area contributed by atoms with Gasteiger partial charge in [0, 0.05) is 5.56 Å². The molecule has 0 aromatic heterocycles. The van der Waals surface area contributed by atoms with Crippen molar-refractivity contribution in [1.29, 1.82) is 0 Å². The number of carbonyl (C=O) groups is 1. The van der Waals surface area contributed by atoms with Gasteiger partial charge in [0.15, 0.2) is 5.78 Å². The first kappa shape index (κ1) is 11.8. The lowest BCUT2D eigenvalue weighted by molar-refractivity contribution is -0.138. The van der Waals surface area contributed by atoms with E-state index in [-0.39, 0.29) is 0 Å². The van der Waals surface area contributed by atoms with E-state index in [9.17, 15) is 18.0 Å². The Balaban J connectivity index is 3.33. The van der Waals surface area contributed by atoms with Crippen LogP contribution in [0.15, 0.2) is 18.2 Å². The molecule has 0 saturated carbocycles. The second-order valence-corrected chi connectivity index (χ2v) is 3.05. The van der Waals surface area contributed by atoms with Gasteiger partial charge in [-0.1, -0.05) is 0 Å². The third-order valence-corrected chi connectivity index (χ3v) is 1.97. The monoisotopic (exact) mass is 238 g/mol. The fourth-order valence-electron chi connectivity index (χ4n) is 1.08. The smallest absolute Gasteiger partial charge is 0.417 e. The number of hydrogen-bond acceptors (Lipinski definition) is 2. The van der Waals surface area contributed by atoms with Crippen molar-refractivity contribution in [3.63, 3.8) is 0 Å². The molecular weight excluding hydrogens is 233 g/mol. The quantitative estimate of drug-likeness (QED) is 0.635. The third-order valence-electron chi connectivity index (χ3n) is 1.73. The zero-order valence-electron chi connectivity index (χ0n) is 7.31. The fourth-order valence-corrected chi connectivity index (χ4v) is 1.23. The highest BCUT2D eigenvalue weighted by Crippen LogP contribution is 2.34. The van der Waals surface area contributed by atoms with Crippen molar-refractivity contribution in [2.24, 2.45) is 0 Å². The van der Waals surface area contributed by atoms with Gasteiger partial charge in [0.05, 0.1) is 11.4 Å². The molecule has 0 spiro atoms. The van der Waals surface area contributed by atoms with E-state index in [1.54, 1.807) is 0 Å². The second kappa shape index (κ2) is 4.10. The molecule has 0 radical (unpaired) electrons. The summed E-state index contributed by atoms with van der Waals surface area (Å²) in [6.45, 7) is 0. The molecule has 1 rings (SSSR count). The lowest BCUT2D eigenvalue weighted by Crippen LogP contribution is -2.13. The average molecular weight is 239 g/mol. The molecule has 0 heterocycles. The first-order valence-electron chi connectivity index (χ1n) is 3.85. The molecule has 1 aromatic carbocycles. The van der Waals surface area contributed by atoms with Crippen molar-refractivity contribution in [2.45, 2.75) is 6.18 Å². The number of halogens is 4. The van der Waals surface area contributed by atoms with Gasteiger partial charge in [-0.15, -0.1) is 11.6 Å². The highest BCUT2D eigenvalue weighted by Gasteiger charge is 2.35. The molecule has 1 N–H and O–H groups in total. The molecule has 0 saturated heterocycles. The summed E-state index contributed by atoms with van der Waals surface area (Å²) in [6, 6.07) is 2.41. The molecule has 0 unspecified atom stereocenters. The summed E-state index contributed by atoms with van der Waals surface area (Å²) >= 11 is 5.17. The molecule has 15 heavy (non-hydrogen) atoms. The predicted molar refractivity (Wildman–Crippen MR) is 48.2 cm³/mol. The third kappa shape index (κ3) is 2.62. The van der Waals surface area contributed by atoms with Crippen LogP contribution in [-0.2, 0) is 6.18 Å². The van der Waals surface area contributed by atoms with Gasteiger partial charge in [-0.25, -0.2) is 0 Å². The molecule has 0 aliphatic rings. The number of rotatable bonds is 2. The number of hydrogen-bond donors (Lipinski definition) is 1. The summed E-state index contributed by atoms with van der Waals surface area (Å²) in [5, 5.41) is 8.91. The van der Waals surface area contributed by atoms with Crippen LogP contribution in [0.5, 0.6) is 5.75 Å². The Bertz CT molecular complexity index is 387. The molecule has 2 nitrogen and oxygen atoms in total. The first-order valence-corrected chi connectivity index (χ1v) is 4.39. The zero-order valence-corrected chi connectivity index (χ0v) is 8.06. The van der Waals surface area contributed by atoms with E-state index in [1.165, 1.54) is 0 Å². The standard InChI is InChI=1S/C9H6ClF3O2/c10-4-8(15)6-2-1-5(14)3-7(6)9(11,12)13/h1-3,14H,4H2. The van der Waals surface area contributed by atoms with Gasteiger partial charge in [0.2, 0.25) is 0 Å². The van der Waals surface area contributed by atoms with E-state index in [0.717, 1.165) is 12.1 Å². The minimum Gasteiger partial charge on any atom is -0.508 e. The second-order valence-electron chi connectivity index (χ2n) is 2.78. The van der Waals surface area contributed by atoms with Crippen LogP contribution in [0.4, 0.5) is 13.2 Å². The average Bonchev–Trinajstić information content (AvgIpc) is 2.15. The van der Waals surface area contributed by atoms with E-state index in [1.807, 2.05) is 0 Å². The van der Waals surface area contributed by atoms with Crippen molar-refractivity contribution in [3.8, 4) is 5.75 Å². The molecule has 0 fully saturated rings. The maximum Gasteiger partial charge on any atom is 0.417 e. The number of carbonyl (C=O) groups excluding carboxylic acids is 1. The topological polar surface area (TPSA) is 37.3 Å². The van der Waals surface area contributed by atoms with Gasteiger partial charge < -0.3 is 5.11 Å². The molecule has 0 aliphatic carbocycles. The van der Waals surface area contributed by atoms with Gasteiger partial charge >= 0.3 is 6.18 Å². The molecule has 6 heteroatoms. The Morgan fingerprint density at radius 2 is 2.00 bits per heavy atom. The number of ketones is 1. The highest BCUT2D eigenvalue weighted by molar-refractivity contribution is 6.30. The molecular formula is C9H6ClF3O2. The van der Waals surface area contributed by atoms with Gasteiger partial charge in [-0.2, -0.15) is 13.2 Å². The van der Waals surface area contributed by atoms with Crippen molar-refractivity contribution in [1.82, 2.24) is 0 Å². The van der Waals surface area contributed by atoms with E-state index < -0.39 is 34.7 Å². The summed E-state index contributed by atoms with van der Waals surface area (Å²) in [5.41, 5.74) is -1.71. The SMILES string of the molecule is O=C(CCl)c1ccc(O)cc1C(F)(F)F. The molecule has 1 aromatic rings. The summed E-state index contributed by atoms with van der Waals surface area (Å²) in [6.07, 6.45) is -4.68. The first-order chi connectivity index (χ1) is 6.86. The van der Waals surface area contributed by atoms with E-state index >= 15 is 0 Å². The van der Waals surface area contributed by atoms with Gasteiger partial charge in [-0.3, -0.25) is 4.79 Å². The molecule has 82 valence electrons. The Kier molecular flexibility index (Phi) is 3.24. The van der Waals surface area contributed by atoms with Gasteiger partial charge in [0.1, 0.15) is 5.75 Å². The molecule has 0 aliphatic heterocycles.